The highest BCUT2D eigenvalue weighted by Gasteiger charge is 2.07. The van der Waals surface area contributed by atoms with Crippen LogP contribution in [0.2, 0.25) is 0 Å². The number of ether oxygens (including phenoxy) is 2. The summed E-state index contributed by atoms with van der Waals surface area (Å²) in [6, 6.07) is 20.4. The van der Waals surface area contributed by atoms with Crippen molar-refractivity contribution in [1.29, 1.82) is 0 Å². The maximum atomic E-state index is 13.2. The predicted molar refractivity (Wildman–Crippen MR) is 108 cm³/mol. The number of nitrogens with one attached hydrogen (secondary N) is 1. The zero-order valence-corrected chi connectivity index (χ0v) is 15.4. The largest absolute Gasteiger partial charge is 0.494 e. The lowest BCUT2D eigenvalue weighted by molar-refractivity contribution is -0.111. The molecule has 0 heterocycles. The lowest BCUT2D eigenvalue weighted by atomic mass is 10.2. The molecule has 1 N–H and O–H groups in total. The number of benzene rings is 3. The number of hydrogen-bond acceptors (Lipinski definition) is 3. The molecule has 0 bridgehead atoms. The molecule has 5 heteroatoms. The fourth-order valence-electron chi connectivity index (χ4n) is 2.51. The van der Waals surface area contributed by atoms with E-state index in [4.69, 9.17) is 9.47 Å². The van der Waals surface area contributed by atoms with Crippen molar-refractivity contribution in [2.45, 2.75) is 6.92 Å². The standard InChI is InChI=1S/C23H20FNO3/c1-2-27-19-11-13-20(14-12-19)28-22-9-4-3-8-21(22)25-23(26)15-10-17-6-5-7-18(24)16-17/h3-16H,2H2,1H3,(H,25,26)/b15-10+. The van der Waals surface area contributed by atoms with Crippen molar-refractivity contribution in [3.63, 3.8) is 0 Å². The van der Waals surface area contributed by atoms with Gasteiger partial charge in [-0.25, -0.2) is 4.39 Å². The molecule has 142 valence electrons. The lowest BCUT2D eigenvalue weighted by Crippen LogP contribution is -2.08. The Kier molecular flexibility index (Phi) is 6.41. The van der Waals surface area contributed by atoms with Gasteiger partial charge < -0.3 is 14.8 Å². The summed E-state index contributed by atoms with van der Waals surface area (Å²) in [7, 11) is 0. The van der Waals surface area contributed by atoms with E-state index in [2.05, 4.69) is 5.32 Å². The Hall–Kier alpha value is -3.60. The first-order valence-electron chi connectivity index (χ1n) is 8.88. The van der Waals surface area contributed by atoms with Gasteiger partial charge in [0.2, 0.25) is 5.91 Å². The molecule has 0 aliphatic heterocycles. The van der Waals surface area contributed by atoms with E-state index in [0.29, 0.717) is 29.4 Å². The van der Waals surface area contributed by atoms with Crippen molar-refractivity contribution in [3.8, 4) is 17.2 Å². The molecule has 0 aromatic heterocycles. The summed E-state index contributed by atoms with van der Waals surface area (Å²) in [4.78, 5) is 12.2. The molecule has 0 saturated carbocycles. The Morgan fingerprint density at radius 1 is 1.00 bits per heavy atom. The van der Waals surface area contributed by atoms with Crippen LogP contribution in [0, 0.1) is 5.82 Å². The van der Waals surface area contributed by atoms with E-state index in [0.717, 1.165) is 5.75 Å². The van der Waals surface area contributed by atoms with Gasteiger partial charge in [-0.05, 0) is 67.1 Å². The molecule has 3 aromatic rings. The summed E-state index contributed by atoms with van der Waals surface area (Å²) in [6.07, 6.45) is 2.90. The summed E-state index contributed by atoms with van der Waals surface area (Å²) in [6.45, 7) is 2.52. The Balaban J connectivity index is 1.68. The molecule has 0 atom stereocenters. The van der Waals surface area contributed by atoms with Crippen LogP contribution < -0.4 is 14.8 Å². The van der Waals surface area contributed by atoms with E-state index in [1.54, 1.807) is 48.5 Å². The normalized spacial score (nSPS) is 10.6. The van der Waals surface area contributed by atoms with Gasteiger partial charge in [-0.2, -0.15) is 0 Å². The van der Waals surface area contributed by atoms with Gasteiger partial charge in [-0.15, -0.1) is 0 Å². The quantitative estimate of drug-likeness (QED) is 0.540. The molecular weight excluding hydrogens is 357 g/mol. The molecule has 1 amide bonds. The molecule has 0 radical (unpaired) electrons. The summed E-state index contributed by atoms with van der Waals surface area (Å²) < 4.78 is 24.5. The van der Waals surface area contributed by atoms with Crippen molar-refractivity contribution in [1.82, 2.24) is 0 Å². The highest BCUT2D eigenvalue weighted by Crippen LogP contribution is 2.30. The molecular formula is C23H20FNO3. The van der Waals surface area contributed by atoms with Crippen LogP contribution in [0.4, 0.5) is 10.1 Å². The summed E-state index contributed by atoms with van der Waals surface area (Å²) in [5.74, 6) is 1.21. The van der Waals surface area contributed by atoms with Crippen molar-refractivity contribution in [2.75, 3.05) is 11.9 Å². The molecule has 0 fully saturated rings. The van der Waals surface area contributed by atoms with Crippen LogP contribution in [0.5, 0.6) is 17.2 Å². The first-order chi connectivity index (χ1) is 13.6. The van der Waals surface area contributed by atoms with Crippen LogP contribution >= 0.6 is 0 Å². The second-order valence-electron chi connectivity index (χ2n) is 5.88. The van der Waals surface area contributed by atoms with E-state index < -0.39 is 0 Å². The molecule has 3 rings (SSSR count). The molecule has 0 aliphatic carbocycles. The third kappa shape index (κ3) is 5.45. The van der Waals surface area contributed by atoms with E-state index >= 15 is 0 Å². The van der Waals surface area contributed by atoms with Gasteiger partial charge in [-0.1, -0.05) is 24.3 Å². The Morgan fingerprint density at radius 2 is 1.75 bits per heavy atom. The van der Waals surface area contributed by atoms with Crippen molar-refractivity contribution >= 4 is 17.7 Å². The number of carbonyl (C=O) groups is 1. The van der Waals surface area contributed by atoms with Crippen LogP contribution in [0.1, 0.15) is 12.5 Å². The average molecular weight is 377 g/mol. The number of para-hydroxylation sites is 2. The number of rotatable bonds is 7. The third-order valence-corrected chi connectivity index (χ3v) is 3.78. The van der Waals surface area contributed by atoms with Crippen molar-refractivity contribution in [3.05, 3.63) is 90.3 Å². The molecule has 0 aliphatic rings. The Bertz CT molecular complexity index is 968. The Morgan fingerprint density at radius 3 is 2.50 bits per heavy atom. The smallest absolute Gasteiger partial charge is 0.248 e. The van der Waals surface area contributed by atoms with Gasteiger partial charge in [0.15, 0.2) is 5.75 Å². The summed E-state index contributed by atoms with van der Waals surface area (Å²) in [5, 5.41) is 2.78. The highest BCUT2D eigenvalue weighted by atomic mass is 19.1. The van der Waals surface area contributed by atoms with Crippen LogP contribution in [-0.2, 0) is 4.79 Å². The van der Waals surface area contributed by atoms with Gasteiger partial charge >= 0.3 is 0 Å². The van der Waals surface area contributed by atoms with Gasteiger partial charge in [0.25, 0.3) is 0 Å². The number of hydrogen-bond donors (Lipinski definition) is 1. The molecule has 0 saturated heterocycles. The fourth-order valence-corrected chi connectivity index (χ4v) is 2.51. The topological polar surface area (TPSA) is 47.6 Å². The van der Waals surface area contributed by atoms with Gasteiger partial charge in [0, 0.05) is 6.08 Å². The van der Waals surface area contributed by atoms with E-state index in [1.807, 2.05) is 25.1 Å². The number of amides is 1. The zero-order chi connectivity index (χ0) is 19.8. The first-order valence-corrected chi connectivity index (χ1v) is 8.88. The molecule has 0 unspecified atom stereocenters. The minimum absolute atomic E-state index is 0.341. The minimum Gasteiger partial charge on any atom is -0.494 e. The van der Waals surface area contributed by atoms with Crippen molar-refractivity contribution in [2.24, 2.45) is 0 Å². The molecule has 0 spiro atoms. The van der Waals surface area contributed by atoms with Crippen molar-refractivity contribution < 1.29 is 18.7 Å². The van der Waals surface area contributed by atoms with Crippen LogP contribution in [0.3, 0.4) is 0 Å². The summed E-state index contributed by atoms with van der Waals surface area (Å²) >= 11 is 0. The fraction of sp³-hybridized carbons (Fsp3) is 0.0870. The third-order valence-electron chi connectivity index (χ3n) is 3.78. The SMILES string of the molecule is CCOc1ccc(Oc2ccccc2NC(=O)/C=C/c2cccc(F)c2)cc1. The predicted octanol–water partition coefficient (Wildman–Crippen LogP) is 5.67. The Labute approximate surface area is 163 Å². The monoisotopic (exact) mass is 377 g/mol. The number of halogens is 1. The molecule has 3 aromatic carbocycles. The second-order valence-corrected chi connectivity index (χ2v) is 5.88. The van der Waals surface area contributed by atoms with E-state index in [1.165, 1.54) is 18.2 Å². The first kappa shape index (κ1) is 19.2. The average Bonchev–Trinajstić information content (AvgIpc) is 2.70. The van der Waals surface area contributed by atoms with Crippen LogP contribution in [-0.4, -0.2) is 12.5 Å². The van der Waals surface area contributed by atoms with Crippen LogP contribution in [0.15, 0.2) is 78.9 Å². The van der Waals surface area contributed by atoms with Gasteiger partial charge in [-0.3, -0.25) is 4.79 Å². The second kappa shape index (κ2) is 9.37. The van der Waals surface area contributed by atoms with Gasteiger partial charge in [0.1, 0.15) is 17.3 Å². The number of anilines is 1. The van der Waals surface area contributed by atoms with E-state index in [9.17, 15) is 9.18 Å². The number of carbonyl (C=O) groups excluding carboxylic acids is 1. The maximum absolute atomic E-state index is 13.2. The zero-order valence-electron chi connectivity index (χ0n) is 15.4. The minimum atomic E-state index is -0.350. The molecule has 4 nitrogen and oxygen atoms in total. The van der Waals surface area contributed by atoms with Crippen LogP contribution in [0.25, 0.3) is 6.08 Å². The maximum Gasteiger partial charge on any atom is 0.248 e. The lowest BCUT2D eigenvalue weighted by Gasteiger charge is -2.12. The highest BCUT2D eigenvalue weighted by molar-refractivity contribution is 6.02. The summed E-state index contributed by atoms with van der Waals surface area (Å²) in [5.41, 5.74) is 1.14. The van der Waals surface area contributed by atoms with E-state index in [-0.39, 0.29) is 11.7 Å². The molecule has 28 heavy (non-hydrogen) atoms. The van der Waals surface area contributed by atoms with Gasteiger partial charge in [0.05, 0.1) is 12.3 Å².